The molecule has 0 aliphatic carbocycles. The molecule has 0 N–H and O–H groups in total. The molecule has 0 saturated carbocycles. The highest BCUT2D eigenvalue weighted by molar-refractivity contribution is 7.88. The van der Waals surface area contributed by atoms with E-state index in [-0.39, 0.29) is 11.7 Å². The minimum absolute atomic E-state index is 0.0318. The second kappa shape index (κ2) is 7.72. The van der Waals surface area contributed by atoms with Gasteiger partial charge < -0.3 is 9.15 Å². The van der Waals surface area contributed by atoms with E-state index in [1.165, 1.54) is 33.1 Å². The largest absolute Gasteiger partial charge is 0.573 e. The first-order valence-corrected chi connectivity index (χ1v) is 11.3. The number of alkyl halides is 3. The van der Waals surface area contributed by atoms with Gasteiger partial charge >= 0.3 is 12.1 Å². The minimum Gasteiger partial charge on any atom is -0.408 e. The Hall–Kier alpha value is -2.79. The predicted molar refractivity (Wildman–Crippen MR) is 107 cm³/mol. The van der Waals surface area contributed by atoms with Crippen molar-refractivity contribution < 1.29 is 30.7 Å². The van der Waals surface area contributed by atoms with E-state index in [1.54, 1.807) is 18.2 Å². The Morgan fingerprint density at radius 2 is 1.81 bits per heavy atom. The van der Waals surface area contributed by atoms with Crippen LogP contribution in [0.5, 0.6) is 5.75 Å². The summed E-state index contributed by atoms with van der Waals surface area (Å²) in [7, 11) is -3.28. The van der Waals surface area contributed by atoms with E-state index < -0.39 is 22.1 Å². The fraction of sp³-hybridized carbons (Fsp3) is 0.350. The molecule has 0 unspecified atom stereocenters. The van der Waals surface area contributed by atoms with Crippen LogP contribution in [0.15, 0.2) is 51.7 Å². The Kier molecular flexibility index (Phi) is 5.34. The average Bonchev–Trinajstić information content (AvgIpc) is 3.26. The van der Waals surface area contributed by atoms with Crippen LogP contribution in [0.25, 0.3) is 22.2 Å². The third-order valence-corrected chi connectivity index (χ3v) is 6.52. The lowest BCUT2D eigenvalue weighted by molar-refractivity contribution is -0.274. The summed E-state index contributed by atoms with van der Waals surface area (Å²) >= 11 is 0. The zero-order valence-electron chi connectivity index (χ0n) is 16.4. The van der Waals surface area contributed by atoms with Crippen LogP contribution in [0.3, 0.4) is 0 Å². The Labute approximate surface area is 175 Å². The van der Waals surface area contributed by atoms with Gasteiger partial charge in [-0.05, 0) is 47.7 Å². The molecule has 0 bridgehead atoms. The van der Waals surface area contributed by atoms with Gasteiger partial charge in [-0.1, -0.05) is 18.2 Å². The summed E-state index contributed by atoms with van der Waals surface area (Å²) in [6.07, 6.45) is -2.97. The number of aromatic nitrogens is 1. The molecule has 166 valence electrons. The van der Waals surface area contributed by atoms with Crippen LogP contribution >= 0.6 is 0 Å². The number of nitrogens with zero attached hydrogens (tertiary/aromatic N) is 2. The summed E-state index contributed by atoms with van der Waals surface area (Å²) in [6.45, 7) is 1.05. The lowest BCUT2D eigenvalue weighted by Crippen LogP contribution is -2.28. The van der Waals surface area contributed by atoms with Crippen molar-refractivity contribution in [2.75, 3.05) is 19.3 Å². The average molecular weight is 456 g/mol. The Bertz CT molecular complexity index is 1260. The molecule has 1 aliphatic rings. The number of ether oxygens (including phenoxy) is 1. The normalized spacial score (nSPS) is 18.0. The van der Waals surface area contributed by atoms with Crippen LogP contribution in [0.4, 0.5) is 13.2 Å². The first-order chi connectivity index (χ1) is 14.5. The first kappa shape index (κ1) is 21.4. The van der Waals surface area contributed by atoms with Gasteiger partial charge in [0.05, 0.1) is 11.8 Å². The second-order valence-electron chi connectivity index (χ2n) is 7.51. The quantitative estimate of drug-likeness (QED) is 0.588. The third-order valence-electron chi connectivity index (χ3n) is 5.25. The maximum atomic E-state index is 12.4. The molecule has 2 aromatic carbocycles. The van der Waals surface area contributed by atoms with Gasteiger partial charge in [-0.2, -0.15) is 0 Å². The lowest BCUT2D eigenvalue weighted by Gasteiger charge is -2.13. The van der Waals surface area contributed by atoms with Crippen LogP contribution in [0.1, 0.15) is 6.42 Å². The van der Waals surface area contributed by atoms with Crippen molar-refractivity contribution in [1.29, 1.82) is 0 Å². The fourth-order valence-electron chi connectivity index (χ4n) is 3.77. The molecule has 0 amide bonds. The molecule has 1 atom stereocenters. The standard InChI is InChI=1S/C20H19F3N2O5S/c1-31(27,28)24-9-8-13(11-24)12-25-17-10-15(4-7-18(17)29-19(25)26)14-2-5-16(6-3-14)30-20(21,22)23/h2-7,10,13H,8-9,11-12H2,1H3/t13-/m1/s1. The van der Waals surface area contributed by atoms with E-state index in [9.17, 15) is 26.4 Å². The summed E-state index contributed by atoms with van der Waals surface area (Å²) < 4.78 is 72.5. The van der Waals surface area contributed by atoms with E-state index in [0.717, 1.165) is 6.26 Å². The number of benzene rings is 2. The molecule has 11 heteroatoms. The zero-order valence-corrected chi connectivity index (χ0v) is 17.2. The molecule has 3 aromatic rings. The SMILES string of the molecule is CS(=O)(=O)N1CC[C@@H](Cn2c(=O)oc3ccc(-c4ccc(OC(F)(F)F)cc4)cc32)C1. The first-order valence-electron chi connectivity index (χ1n) is 9.44. The van der Waals surface area contributed by atoms with Crippen molar-refractivity contribution in [1.82, 2.24) is 8.87 Å². The second-order valence-corrected chi connectivity index (χ2v) is 9.49. The van der Waals surface area contributed by atoms with Crippen molar-refractivity contribution in [3.05, 3.63) is 53.0 Å². The van der Waals surface area contributed by atoms with E-state index in [0.29, 0.717) is 48.3 Å². The Balaban J connectivity index is 1.60. The molecule has 1 fully saturated rings. The van der Waals surface area contributed by atoms with Crippen LogP contribution in [0, 0.1) is 5.92 Å². The molecule has 2 heterocycles. The topological polar surface area (TPSA) is 81.8 Å². The molecular formula is C20H19F3N2O5S. The highest BCUT2D eigenvalue weighted by Gasteiger charge is 2.31. The van der Waals surface area contributed by atoms with E-state index in [1.807, 2.05) is 0 Å². The van der Waals surface area contributed by atoms with Gasteiger partial charge in [-0.15, -0.1) is 13.2 Å². The molecule has 1 aliphatic heterocycles. The number of sulfonamides is 1. The van der Waals surface area contributed by atoms with Gasteiger partial charge in [0.15, 0.2) is 5.58 Å². The molecule has 0 radical (unpaired) electrons. The number of halogens is 3. The smallest absolute Gasteiger partial charge is 0.408 e. The van der Waals surface area contributed by atoms with Gasteiger partial charge in [0.25, 0.3) is 0 Å². The molecule has 1 aromatic heterocycles. The van der Waals surface area contributed by atoms with Gasteiger partial charge in [0.2, 0.25) is 10.0 Å². The van der Waals surface area contributed by atoms with Gasteiger partial charge in [0.1, 0.15) is 5.75 Å². The number of hydrogen-bond acceptors (Lipinski definition) is 5. The number of hydrogen-bond donors (Lipinski definition) is 0. The molecule has 4 rings (SSSR count). The maximum Gasteiger partial charge on any atom is 0.573 e. The lowest BCUT2D eigenvalue weighted by atomic mass is 10.0. The van der Waals surface area contributed by atoms with E-state index in [4.69, 9.17) is 4.42 Å². The van der Waals surface area contributed by atoms with E-state index in [2.05, 4.69) is 4.74 Å². The fourth-order valence-corrected chi connectivity index (χ4v) is 4.69. The molecule has 0 spiro atoms. The summed E-state index contributed by atoms with van der Waals surface area (Å²) in [6, 6.07) is 10.5. The van der Waals surface area contributed by atoms with Crippen LogP contribution < -0.4 is 10.5 Å². The number of rotatable bonds is 5. The monoisotopic (exact) mass is 456 g/mol. The zero-order chi connectivity index (χ0) is 22.4. The summed E-state index contributed by atoms with van der Waals surface area (Å²) in [5, 5.41) is 0. The Morgan fingerprint density at radius 1 is 1.13 bits per heavy atom. The third kappa shape index (κ3) is 4.77. The van der Waals surface area contributed by atoms with Crippen LogP contribution in [0.2, 0.25) is 0 Å². The highest BCUT2D eigenvalue weighted by Crippen LogP contribution is 2.29. The van der Waals surface area contributed by atoms with Gasteiger partial charge in [0, 0.05) is 19.6 Å². The Morgan fingerprint density at radius 3 is 2.42 bits per heavy atom. The number of fused-ring (bicyclic) bond motifs is 1. The van der Waals surface area contributed by atoms with Crippen molar-refractivity contribution in [2.24, 2.45) is 5.92 Å². The predicted octanol–water partition coefficient (Wildman–Crippen LogP) is 3.44. The van der Waals surface area contributed by atoms with E-state index >= 15 is 0 Å². The molecule has 31 heavy (non-hydrogen) atoms. The van der Waals surface area contributed by atoms with Crippen molar-refractivity contribution in [3.8, 4) is 16.9 Å². The van der Waals surface area contributed by atoms with Gasteiger partial charge in [-0.25, -0.2) is 17.5 Å². The van der Waals surface area contributed by atoms with Crippen molar-refractivity contribution >= 4 is 21.1 Å². The molecule has 7 nitrogen and oxygen atoms in total. The van der Waals surface area contributed by atoms with Crippen molar-refractivity contribution in [3.63, 3.8) is 0 Å². The number of oxazole rings is 1. The minimum atomic E-state index is -4.76. The summed E-state index contributed by atoms with van der Waals surface area (Å²) in [4.78, 5) is 12.4. The van der Waals surface area contributed by atoms with Crippen LogP contribution in [-0.4, -0.2) is 43.0 Å². The van der Waals surface area contributed by atoms with Crippen molar-refractivity contribution in [2.45, 2.75) is 19.3 Å². The van der Waals surface area contributed by atoms with Gasteiger partial charge in [-0.3, -0.25) is 4.57 Å². The summed E-state index contributed by atoms with van der Waals surface area (Å²) in [5.41, 5.74) is 2.24. The molecule has 1 saturated heterocycles. The molecular weight excluding hydrogens is 437 g/mol. The summed E-state index contributed by atoms with van der Waals surface area (Å²) in [5.74, 6) is -0.899. The highest BCUT2D eigenvalue weighted by atomic mass is 32.2. The van der Waals surface area contributed by atoms with Crippen LogP contribution in [-0.2, 0) is 16.6 Å². The maximum absolute atomic E-state index is 12.4.